The van der Waals surface area contributed by atoms with Crippen LogP contribution in [0.2, 0.25) is 0 Å². The first kappa shape index (κ1) is 19.7. The van der Waals surface area contributed by atoms with Crippen LogP contribution in [0.3, 0.4) is 0 Å². The van der Waals surface area contributed by atoms with Gasteiger partial charge in [0.15, 0.2) is 0 Å². The minimum Gasteiger partial charge on any atom is -0.488 e. The molecule has 2 aromatic rings. The largest absolute Gasteiger partial charge is 0.488 e. The molecular formula is C24H31NO2. The van der Waals surface area contributed by atoms with E-state index in [-0.39, 0.29) is 6.10 Å². The number of ether oxygens (including phenoxy) is 2. The number of rotatable bonds is 7. The highest BCUT2D eigenvalue weighted by Crippen LogP contribution is 2.37. The summed E-state index contributed by atoms with van der Waals surface area (Å²) >= 11 is 0. The average molecular weight is 366 g/mol. The van der Waals surface area contributed by atoms with E-state index in [1.165, 1.54) is 27.8 Å². The van der Waals surface area contributed by atoms with Crippen molar-refractivity contribution in [3.8, 4) is 5.75 Å². The van der Waals surface area contributed by atoms with Crippen molar-refractivity contribution in [3.63, 3.8) is 0 Å². The van der Waals surface area contributed by atoms with Gasteiger partial charge < -0.3 is 14.4 Å². The lowest BCUT2D eigenvalue weighted by molar-refractivity contribution is 0.0813. The number of fused-ring (bicyclic) bond motifs is 2. The summed E-state index contributed by atoms with van der Waals surface area (Å²) in [6.07, 6.45) is 4.55. The van der Waals surface area contributed by atoms with Crippen molar-refractivity contribution in [2.45, 2.75) is 39.4 Å². The molecule has 2 aromatic carbocycles. The van der Waals surface area contributed by atoms with Gasteiger partial charge in [0.05, 0.1) is 12.7 Å². The molecule has 0 spiro atoms. The molecule has 0 amide bonds. The quantitative estimate of drug-likeness (QED) is 0.694. The third-order valence-electron chi connectivity index (χ3n) is 4.79. The van der Waals surface area contributed by atoms with Gasteiger partial charge in [-0.25, -0.2) is 0 Å². The molecule has 0 N–H and O–H groups in total. The topological polar surface area (TPSA) is 21.7 Å². The van der Waals surface area contributed by atoms with Gasteiger partial charge in [-0.2, -0.15) is 0 Å². The Morgan fingerprint density at radius 1 is 1.11 bits per heavy atom. The highest BCUT2D eigenvalue weighted by atomic mass is 16.5. The Labute approximate surface area is 163 Å². The van der Waals surface area contributed by atoms with Crippen LogP contribution in [-0.2, 0) is 17.8 Å². The molecule has 0 unspecified atom stereocenters. The van der Waals surface area contributed by atoms with E-state index in [1.54, 1.807) is 0 Å². The number of hydrogen-bond acceptors (Lipinski definition) is 3. The van der Waals surface area contributed by atoms with Gasteiger partial charge >= 0.3 is 0 Å². The minimum atomic E-state index is 0.266. The summed E-state index contributed by atoms with van der Waals surface area (Å²) in [5.74, 6) is 0.968. The van der Waals surface area contributed by atoms with Crippen LogP contribution in [0.4, 0.5) is 0 Å². The summed E-state index contributed by atoms with van der Waals surface area (Å²) in [5.41, 5.74) is 6.29. The fourth-order valence-corrected chi connectivity index (χ4v) is 3.38. The normalized spacial score (nSPS) is 14.8. The van der Waals surface area contributed by atoms with E-state index in [0.29, 0.717) is 6.61 Å². The molecule has 144 valence electrons. The second kappa shape index (κ2) is 9.20. The summed E-state index contributed by atoms with van der Waals surface area (Å²) in [6.45, 7) is 6.54. The second-order valence-corrected chi connectivity index (χ2v) is 7.66. The Morgan fingerprint density at radius 3 is 2.70 bits per heavy atom. The summed E-state index contributed by atoms with van der Waals surface area (Å²) in [5, 5.41) is 0. The second-order valence-electron chi connectivity index (χ2n) is 7.66. The Balaban J connectivity index is 1.95. The fourth-order valence-electron chi connectivity index (χ4n) is 3.38. The van der Waals surface area contributed by atoms with Gasteiger partial charge in [0, 0.05) is 12.1 Å². The first-order valence-corrected chi connectivity index (χ1v) is 9.85. The van der Waals surface area contributed by atoms with Crippen LogP contribution in [0.1, 0.15) is 42.5 Å². The molecule has 0 atom stereocenters. The molecule has 0 bridgehead atoms. The van der Waals surface area contributed by atoms with Gasteiger partial charge in [0.25, 0.3) is 0 Å². The standard InChI is InChI=1S/C24H31NO2/c1-18(2)26-15-13-19-11-12-24-23(16-19)22(10-7-14-25(3)4)21-9-6-5-8-20(21)17-27-24/h5-6,8-12,16,18H,7,13-15,17H2,1-4H3/b22-10-. The van der Waals surface area contributed by atoms with Crippen LogP contribution < -0.4 is 4.74 Å². The molecule has 0 fully saturated rings. The van der Waals surface area contributed by atoms with Crippen molar-refractivity contribution in [1.82, 2.24) is 4.90 Å². The van der Waals surface area contributed by atoms with Gasteiger partial charge in [-0.05, 0) is 75.2 Å². The summed E-state index contributed by atoms with van der Waals surface area (Å²) in [6, 6.07) is 15.1. The van der Waals surface area contributed by atoms with Gasteiger partial charge in [-0.3, -0.25) is 0 Å². The maximum absolute atomic E-state index is 6.15. The fraction of sp³-hybridized carbons (Fsp3) is 0.417. The van der Waals surface area contributed by atoms with E-state index in [4.69, 9.17) is 9.47 Å². The molecule has 0 radical (unpaired) electrons. The van der Waals surface area contributed by atoms with Crippen molar-refractivity contribution in [1.29, 1.82) is 0 Å². The number of hydrogen-bond donors (Lipinski definition) is 0. The molecule has 0 aromatic heterocycles. The van der Waals surface area contributed by atoms with E-state index in [1.807, 2.05) is 0 Å². The molecular weight excluding hydrogens is 334 g/mol. The van der Waals surface area contributed by atoms with Crippen LogP contribution in [0.25, 0.3) is 5.57 Å². The monoisotopic (exact) mass is 365 g/mol. The first-order valence-electron chi connectivity index (χ1n) is 9.85. The highest BCUT2D eigenvalue weighted by Gasteiger charge is 2.19. The van der Waals surface area contributed by atoms with E-state index in [2.05, 4.69) is 81.4 Å². The number of benzene rings is 2. The predicted molar refractivity (Wildman–Crippen MR) is 112 cm³/mol. The van der Waals surface area contributed by atoms with Crippen molar-refractivity contribution < 1.29 is 9.47 Å². The number of nitrogens with zero attached hydrogens (tertiary/aromatic N) is 1. The predicted octanol–water partition coefficient (Wildman–Crippen LogP) is 4.93. The van der Waals surface area contributed by atoms with Crippen LogP contribution in [-0.4, -0.2) is 38.3 Å². The lowest BCUT2D eigenvalue weighted by atomic mass is 9.92. The Hall–Kier alpha value is -2.10. The van der Waals surface area contributed by atoms with Crippen molar-refractivity contribution in [2.75, 3.05) is 27.2 Å². The molecule has 1 aliphatic heterocycles. The molecule has 0 aliphatic carbocycles. The molecule has 3 nitrogen and oxygen atoms in total. The van der Waals surface area contributed by atoms with Crippen molar-refractivity contribution in [3.05, 3.63) is 70.8 Å². The zero-order chi connectivity index (χ0) is 19.2. The van der Waals surface area contributed by atoms with Crippen LogP contribution in [0, 0.1) is 0 Å². The van der Waals surface area contributed by atoms with E-state index in [0.717, 1.165) is 31.7 Å². The smallest absolute Gasteiger partial charge is 0.127 e. The first-order chi connectivity index (χ1) is 13.0. The van der Waals surface area contributed by atoms with Crippen molar-refractivity contribution >= 4 is 5.57 Å². The SMILES string of the molecule is CC(C)OCCc1ccc2c(c1)/C(=C\CCN(C)C)c1ccccc1CO2. The lowest BCUT2D eigenvalue weighted by Crippen LogP contribution is -2.12. The molecule has 1 heterocycles. The van der Waals surface area contributed by atoms with Crippen LogP contribution in [0.15, 0.2) is 48.5 Å². The third-order valence-corrected chi connectivity index (χ3v) is 4.79. The molecule has 0 saturated heterocycles. The van der Waals surface area contributed by atoms with E-state index in [9.17, 15) is 0 Å². The Kier molecular flexibility index (Phi) is 6.70. The Morgan fingerprint density at radius 2 is 1.93 bits per heavy atom. The van der Waals surface area contributed by atoms with Gasteiger partial charge in [0.2, 0.25) is 0 Å². The average Bonchev–Trinajstić information content (AvgIpc) is 2.78. The molecule has 27 heavy (non-hydrogen) atoms. The molecule has 1 aliphatic rings. The van der Waals surface area contributed by atoms with Gasteiger partial charge in [-0.15, -0.1) is 0 Å². The maximum atomic E-state index is 6.15. The summed E-state index contributed by atoms with van der Waals surface area (Å²) < 4.78 is 11.9. The van der Waals surface area contributed by atoms with E-state index >= 15 is 0 Å². The van der Waals surface area contributed by atoms with Crippen molar-refractivity contribution in [2.24, 2.45) is 0 Å². The van der Waals surface area contributed by atoms with Crippen LogP contribution in [0.5, 0.6) is 5.75 Å². The Bertz CT molecular complexity index is 793. The molecule has 0 saturated carbocycles. The zero-order valence-electron chi connectivity index (χ0n) is 17.0. The van der Waals surface area contributed by atoms with Crippen LogP contribution >= 0.6 is 0 Å². The summed E-state index contributed by atoms with van der Waals surface area (Å²) in [7, 11) is 4.23. The maximum Gasteiger partial charge on any atom is 0.127 e. The molecule has 3 rings (SSSR count). The van der Waals surface area contributed by atoms with E-state index < -0.39 is 0 Å². The zero-order valence-corrected chi connectivity index (χ0v) is 17.0. The minimum absolute atomic E-state index is 0.266. The van der Waals surface area contributed by atoms with Gasteiger partial charge in [-0.1, -0.05) is 36.4 Å². The summed E-state index contributed by atoms with van der Waals surface area (Å²) in [4.78, 5) is 2.22. The highest BCUT2D eigenvalue weighted by molar-refractivity contribution is 5.85. The lowest BCUT2D eigenvalue weighted by Gasteiger charge is -2.14. The third kappa shape index (κ3) is 5.21. The molecule has 3 heteroatoms. The van der Waals surface area contributed by atoms with Gasteiger partial charge in [0.1, 0.15) is 12.4 Å².